The number of aliphatic hydroxyl groups is 1. The lowest BCUT2D eigenvalue weighted by Crippen LogP contribution is -2.33. The minimum Gasteiger partial charge on any atom is -0.482 e. The van der Waals surface area contributed by atoms with Gasteiger partial charge in [0, 0.05) is 11.9 Å². The number of aliphatic hydroxyl groups excluding tert-OH is 1. The van der Waals surface area contributed by atoms with Crippen LogP contribution in [0.25, 0.3) is 10.8 Å². The van der Waals surface area contributed by atoms with Crippen molar-refractivity contribution in [3.63, 3.8) is 0 Å². The van der Waals surface area contributed by atoms with Crippen molar-refractivity contribution in [1.82, 2.24) is 4.90 Å². The smallest absolute Gasteiger partial charge is 0.151 e. The highest BCUT2D eigenvalue weighted by molar-refractivity contribution is 5.88. The van der Waals surface area contributed by atoms with Crippen molar-refractivity contribution in [2.75, 3.05) is 20.6 Å². The van der Waals surface area contributed by atoms with Crippen LogP contribution in [0.1, 0.15) is 11.7 Å². The molecule has 24 heavy (non-hydrogen) atoms. The molecule has 0 aliphatic heterocycles. The van der Waals surface area contributed by atoms with E-state index < -0.39 is 12.2 Å². The number of benzene rings is 3. The third-order valence-electron chi connectivity index (χ3n) is 4.03. The molecule has 0 bridgehead atoms. The fraction of sp³-hybridized carbons (Fsp3) is 0.238. The average Bonchev–Trinajstić information content (AvgIpc) is 2.60. The van der Waals surface area contributed by atoms with Crippen LogP contribution in [-0.4, -0.2) is 36.8 Å². The van der Waals surface area contributed by atoms with Gasteiger partial charge in [0.15, 0.2) is 6.10 Å². The molecule has 0 fully saturated rings. The normalized spacial score (nSPS) is 13.8. The molecule has 3 aromatic rings. The van der Waals surface area contributed by atoms with Crippen molar-refractivity contribution in [3.8, 4) is 5.75 Å². The molecule has 124 valence electrons. The second-order valence-corrected chi connectivity index (χ2v) is 6.26. The largest absolute Gasteiger partial charge is 0.482 e. The Balaban J connectivity index is 1.96. The van der Waals surface area contributed by atoms with Crippen LogP contribution in [0.15, 0.2) is 72.8 Å². The van der Waals surface area contributed by atoms with Gasteiger partial charge in [0.25, 0.3) is 0 Å². The van der Waals surface area contributed by atoms with E-state index in [4.69, 9.17) is 4.74 Å². The van der Waals surface area contributed by atoms with E-state index in [9.17, 15) is 5.11 Å². The lowest BCUT2D eigenvalue weighted by molar-refractivity contribution is 0.0202. The third kappa shape index (κ3) is 3.75. The molecule has 0 aliphatic carbocycles. The van der Waals surface area contributed by atoms with E-state index >= 15 is 0 Å². The van der Waals surface area contributed by atoms with Crippen molar-refractivity contribution in [3.05, 3.63) is 78.4 Å². The summed E-state index contributed by atoms with van der Waals surface area (Å²) in [5, 5.41) is 12.9. The Morgan fingerprint density at radius 3 is 2.29 bits per heavy atom. The highest BCUT2D eigenvalue weighted by Crippen LogP contribution is 2.31. The summed E-state index contributed by atoms with van der Waals surface area (Å²) in [4.78, 5) is 1.97. The third-order valence-corrected chi connectivity index (χ3v) is 4.03. The molecule has 0 saturated carbocycles. The van der Waals surface area contributed by atoms with E-state index in [1.165, 1.54) is 0 Å². The fourth-order valence-corrected chi connectivity index (χ4v) is 2.92. The lowest BCUT2D eigenvalue weighted by Gasteiger charge is -2.27. The summed E-state index contributed by atoms with van der Waals surface area (Å²) >= 11 is 0. The van der Waals surface area contributed by atoms with Gasteiger partial charge in [-0.05, 0) is 31.1 Å². The molecule has 3 heteroatoms. The van der Waals surface area contributed by atoms with Gasteiger partial charge in [-0.1, -0.05) is 66.7 Å². The van der Waals surface area contributed by atoms with Crippen LogP contribution in [0.3, 0.4) is 0 Å². The van der Waals surface area contributed by atoms with Gasteiger partial charge in [-0.25, -0.2) is 0 Å². The summed E-state index contributed by atoms with van der Waals surface area (Å²) in [7, 11) is 3.90. The van der Waals surface area contributed by atoms with E-state index in [1.54, 1.807) is 0 Å². The fourth-order valence-electron chi connectivity index (χ4n) is 2.92. The summed E-state index contributed by atoms with van der Waals surface area (Å²) in [5.74, 6) is 0.791. The first-order chi connectivity index (χ1) is 11.6. The Kier molecular flexibility index (Phi) is 5.14. The highest BCUT2D eigenvalue weighted by atomic mass is 16.5. The van der Waals surface area contributed by atoms with Gasteiger partial charge in [-0.3, -0.25) is 0 Å². The first-order valence-corrected chi connectivity index (χ1v) is 8.17. The zero-order chi connectivity index (χ0) is 16.9. The first kappa shape index (κ1) is 16.5. The molecule has 0 saturated heterocycles. The minimum atomic E-state index is -0.624. The molecular weight excluding hydrogens is 298 g/mol. The second kappa shape index (κ2) is 7.47. The van der Waals surface area contributed by atoms with Crippen LogP contribution in [0.4, 0.5) is 0 Å². The molecule has 0 spiro atoms. The van der Waals surface area contributed by atoms with Gasteiger partial charge < -0.3 is 14.7 Å². The van der Waals surface area contributed by atoms with Crippen molar-refractivity contribution in [2.24, 2.45) is 0 Å². The number of nitrogens with zero attached hydrogens (tertiary/aromatic N) is 1. The van der Waals surface area contributed by atoms with Crippen molar-refractivity contribution in [2.45, 2.75) is 12.2 Å². The van der Waals surface area contributed by atoms with Crippen LogP contribution >= 0.6 is 0 Å². The Bertz CT molecular complexity index is 781. The van der Waals surface area contributed by atoms with Crippen LogP contribution in [0.5, 0.6) is 5.75 Å². The molecular formula is C21H23NO2. The van der Waals surface area contributed by atoms with Gasteiger partial charge in [-0.2, -0.15) is 0 Å². The van der Waals surface area contributed by atoms with Crippen molar-refractivity contribution < 1.29 is 9.84 Å². The van der Waals surface area contributed by atoms with E-state index in [0.717, 1.165) is 22.1 Å². The van der Waals surface area contributed by atoms with Gasteiger partial charge >= 0.3 is 0 Å². The van der Waals surface area contributed by atoms with Gasteiger partial charge in [0.05, 0.1) is 0 Å². The Morgan fingerprint density at radius 1 is 0.875 bits per heavy atom. The highest BCUT2D eigenvalue weighted by Gasteiger charge is 2.24. The molecule has 1 N–H and O–H groups in total. The van der Waals surface area contributed by atoms with Crippen molar-refractivity contribution >= 4 is 10.8 Å². The molecule has 3 aromatic carbocycles. The average molecular weight is 321 g/mol. The maximum atomic E-state index is 10.7. The summed E-state index contributed by atoms with van der Waals surface area (Å²) in [6.45, 7) is 0.532. The number of ether oxygens (including phenoxy) is 1. The Morgan fingerprint density at radius 2 is 1.54 bits per heavy atom. The maximum Gasteiger partial charge on any atom is 0.151 e. The molecule has 0 amide bonds. The van der Waals surface area contributed by atoms with Crippen LogP contribution in [-0.2, 0) is 0 Å². The predicted molar refractivity (Wildman–Crippen MR) is 98.3 cm³/mol. The number of hydrogen-bond acceptors (Lipinski definition) is 3. The second-order valence-electron chi connectivity index (χ2n) is 6.26. The predicted octanol–water partition coefficient (Wildman–Crippen LogP) is 3.88. The summed E-state index contributed by atoms with van der Waals surface area (Å²) in [6.07, 6.45) is -1.04. The zero-order valence-electron chi connectivity index (χ0n) is 14.1. The molecule has 0 radical (unpaired) electrons. The zero-order valence-corrected chi connectivity index (χ0v) is 14.1. The monoisotopic (exact) mass is 321 g/mol. The van der Waals surface area contributed by atoms with E-state index in [0.29, 0.717) is 6.54 Å². The molecule has 0 aliphatic rings. The quantitative estimate of drug-likeness (QED) is 0.748. The molecule has 0 aromatic heterocycles. The number of hydrogen-bond donors (Lipinski definition) is 1. The minimum absolute atomic E-state index is 0.417. The standard InChI is InChI=1S/C21H23NO2/c1-22(2)15-19(23)21(17-10-4-3-5-11-17)24-20-14-8-12-16-9-6-7-13-18(16)20/h3-14,19,21,23H,15H2,1-2H3/t19-,21+/m1/s1. The topological polar surface area (TPSA) is 32.7 Å². The van der Waals surface area contributed by atoms with Crippen LogP contribution < -0.4 is 4.74 Å². The van der Waals surface area contributed by atoms with Crippen molar-refractivity contribution in [1.29, 1.82) is 0 Å². The lowest BCUT2D eigenvalue weighted by atomic mass is 10.0. The van der Waals surface area contributed by atoms with E-state index in [-0.39, 0.29) is 0 Å². The summed E-state index contributed by atoms with van der Waals surface area (Å²) < 4.78 is 6.30. The number of rotatable bonds is 6. The molecule has 3 nitrogen and oxygen atoms in total. The number of fused-ring (bicyclic) bond motifs is 1. The van der Waals surface area contributed by atoms with Gasteiger partial charge in [0.2, 0.25) is 0 Å². The molecule has 3 rings (SSSR count). The molecule has 2 atom stereocenters. The maximum absolute atomic E-state index is 10.7. The van der Waals surface area contributed by atoms with E-state index in [1.807, 2.05) is 79.7 Å². The van der Waals surface area contributed by atoms with Crippen LogP contribution in [0.2, 0.25) is 0 Å². The van der Waals surface area contributed by atoms with Crippen LogP contribution in [0, 0.1) is 0 Å². The summed E-state index contributed by atoms with van der Waals surface area (Å²) in [6, 6.07) is 24.0. The number of likely N-dealkylation sites (N-methyl/N-ethyl adjacent to an activating group) is 1. The Labute approximate surface area is 143 Å². The molecule has 0 unspecified atom stereocenters. The SMILES string of the molecule is CN(C)C[C@@H](O)[C@@H](Oc1cccc2ccccc12)c1ccccc1. The van der Waals surface area contributed by atoms with Gasteiger partial charge in [0.1, 0.15) is 11.9 Å². The first-order valence-electron chi connectivity index (χ1n) is 8.17. The molecule has 0 heterocycles. The van der Waals surface area contributed by atoms with E-state index in [2.05, 4.69) is 12.1 Å². The van der Waals surface area contributed by atoms with Gasteiger partial charge in [-0.15, -0.1) is 0 Å². The summed E-state index contributed by atoms with van der Waals surface area (Å²) in [5.41, 5.74) is 0.972. The Hall–Kier alpha value is -2.36.